The molecule has 0 radical (unpaired) electrons. The van der Waals surface area contributed by atoms with E-state index in [1.54, 1.807) is 21.0 Å². The third-order valence-corrected chi connectivity index (χ3v) is 6.60. The van der Waals surface area contributed by atoms with E-state index in [0.717, 1.165) is 38.7 Å². The zero-order valence-corrected chi connectivity index (χ0v) is 18.7. The van der Waals surface area contributed by atoms with Gasteiger partial charge < -0.3 is 20.5 Å². The van der Waals surface area contributed by atoms with Crippen molar-refractivity contribution in [3.63, 3.8) is 0 Å². The van der Waals surface area contributed by atoms with Crippen LogP contribution in [0.2, 0.25) is 0 Å². The molecule has 30 heavy (non-hydrogen) atoms. The summed E-state index contributed by atoms with van der Waals surface area (Å²) in [4.78, 5) is 11.3. The van der Waals surface area contributed by atoms with Gasteiger partial charge in [-0.1, -0.05) is 42.0 Å². The number of hydrogen-bond acceptors (Lipinski definition) is 4. The van der Waals surface area contributed by atoms with E-state index in [1.807, 2.05) is 0 Å². The van der Waals surface area contributed by atoms with Gasteiger partial charge in [0.2, 0.25) is 0 Å². The summed E-state index contributed by atoms with van der Waals surface area (Å²) in [5, 5.41) is 16.6. The van der Waals surface area contributed by atoms with Gasteiger partial charge in [-0.25, -0.2) is 0 Å². The molecule has 3 N–H and O–H groups in total. The van der Waals surface area contributed by atoms with Gasteiger partial charge in [0.25, 0.3) is 0 Å². The first-order valence-electron chi connectivity index (χ1n) is 11.4. The highest BCUT2D eigenvalue weighted by molar-refractivity contribution is 5.73. The molecule has 2 aliphatic carbocycles. The number of hydrogen-bond donors (Lipinski definition) is 3. The van der Waals surface area contributed by atoms with E-state index in [-0.39, 0.29) is 0 Å². The lowest BCUT2D eigenvalue weighted by Crippen LogP contribution is -2.45. The van der Waals surface area contributed by atoms with Crippen LogP contribution in [0.4, 0.5) is 0 Å². The van der Waals surface area contributed by atoms with E-state index in [1.165, 1.54) is 17.6 Å². The third kappa shape index (κ3) is 6.66. The number of aliphatic carboxylic acids is 1. The standard InChI is InChI=1S/C25H38N2O3/c1-25(2,24(28)29)17-26-20-9-11-21(12-10-20)27-23-16-22(23)19(13-14-30-3)15-18-7-5-4-6-8-18/h4-8,15,20-23,26-27H,9-14,16-17H2,1-3H3,(H,28,29)/b19-15+/t20-,21-,22-,23+/m0/s1. The minimum atomic E-state index is -0.738. The van der Waals surface area contributed by atoms with Gasteiger partial charge in [-0.15, -0.1) is 0 Å². The predicted molar refractivity (Wildman–Crippen MR) is 121 cm³/mol. The van der Waals surface area contributed by atoms with Crippen molar-refractivity contribution in [1.29, 1.82) is 0 Å². The first-order chi connectivity index (χ1) is 14.4. The first kappa shape index (κ1) is 23.0. The molecule has 0 aliphatic heterocycles. The van der Waals surface area contributed by atoms with Gasteiger partial charge in [0.15, 0.2) is 0 Å². The van der Waals surface area contributed by atoms with E-state index in [2.05, 4.69) is 47.0 Å². The molecule has 0 aromatic heterocycles. The lowest BCUT2D eigenvalue weighted by atomic mass is 9.88. The Morgan fingerprint density at radius 2 is 1.83 bits per heavy atom. The van der Waals surface area contributed by atoms with Crippen LogP contribution < -0.4 is 10.6 Å². The largest absolute Gasteiger partial charge is 0.481 e. The van der Waals surface area contributed by atoms with Crippen LogP contribution >= 0.6 is 0 Å². The van der Waals surface area contributed by atoms with Crippen molar-refractivity contribution in [2.75, 3.05) is 20.3 Å². The van der Waals surface area contributed by atoms with Crippen molar-refractivity contribution in [2.45, 2.75) is 70.5 Å². The monoisotopic (exact) mass is 414 g/mol. The number of carbonyl (C=O) groups is 1. The topological polar surface area (TPSA) is 70.6 Å². The molecule has 0 unspecified atom stereocenters. The fourth-order valence-corrected chi connectivity index (χ4v) is 4.38. The van der Waals surface area contributed by atoms with E-state index in [0.29, 0.717) is 30.6 Å². The zero-order chi connectivity index (χ0) is 21.6. The molecule has 3 rings (SSSR count). The minimum Gasteiger partial charge on any atom is -0.481 e. The number of ether oxygens (including phenoxy) is 1. The lowest BCUT2D eigenvalue weighted by Gasteiger charge is -2.32. The maximum atomic E-state index is 11.3. The quantitative estimate of drug-likeness (QED) is 0.509. The fraction of sp³-hybridized carbons (Fsp3) is 0.640. The van der Waals surface area contributed by atoms with Gasteiger partial charge in [-0.05, 0) is 63.9 Å². The Balaban J connectivity index is 1.44. The molecule has 2 fully saturated rings. The maximum Gasteiger partial charge on any atom is 0.310 e. The Hall–Kier alpha value is -1.69. The molecule has 2 saturated carbocycles. The number of nitrogens with one attached hydrogen (secondary N) is 2. The SMILES string of the molecule is COCC/C(=C\c1ccccc1)[C@@H]1C[C@H]1N[C@H]1CC[C@H](NCC(C)(C)C(=O)O)CC1. The summed E-state index contributed by atoms with van der Waals surface area (Å²) in [7, 11) is 1.77. The summed E-state index contributed by atoms with van der Waals surface area (Å²) in [6.45, 7) is 4.87. The van der Waals surface area contributed by atoms with Gasteiger partial charge in [0.1, 0.15) is 0 Å². The molecule has 0 saturated heterocycles. The van der Waals surface area contributed by atoms with Crippen LogP contribution in [0, 0.1) is 11.3 Å². The Kier molecular flexibility index (Phi) is 8.09. The second-order valence-electron chi connectivity index (χ2n) is 9.61. The van der Waals surface area contributed by atoms with E-state index in [9.17, 15) is 9.90 Å². The van der Waals surface area contributed by atoms with Crippen LogP contribution in [-0.2, 0) is 9.53 Å². The van der Waals surface area contributed by atoms with Crippen LogP contribution in [0.15, 0.2) is 35.9 Å². The van der Waals surface area contributed by atoms with Crippen LogP contribution in [0.1, 0.15) is 57.9 Å². The van der Waals surface area contributed by atoms with Crippen molar-refractivity contribution in [3.8, 4) is 0 Å². The number of benzene rings is 1. The van der Waals surface area contributed by atoms with Gasteiger partial charge >= 0.3 is 5.97 Å². The summed E-state index contributed by atoms with van der Waals surface area (Å²) in [5.74, 6) is -0.120. The highest BCUT2D eigenvalue weighted by atomic mass is 16.5. The lowest BCUT2D eigenvalue weighted by molar-refractivity contribution is -0.146. The summed E-state index contributed by atoms with van der Waals surface area (Å²) >= 11 is 0. The Bertz CT molecular complexity index is 708. The van der Waals surface area contributed by atoms with Gasteiger partial charge in [-0.3, -0.25) is 4.79 Å². The molecule has 5 nitrogen and oxygen atoms in total. The van der Waals surface area contributed by atoms with Crippen molar-refractivity contribution in [3.05, 3.63) is 41.5 Å². The molecule has 2 atom stereocenters. The third-order valence-electron chi connectivity index (χ3n) is 6.60. The molecular formula is C25H38N2O3. The number of carboxylic acid groups (broad SMARTS) is 1. The van der Waals surface area contributed by atoms with Crippen LogP contribution in [0.3, 0.4) is 0 Å². The Morgan fingerprint density at radius 3 is 2.47 bits per heavy atom. The predicted octanol–water partition coefficient (Wildman–Crippen LogP) is 4.10. The second kappa shape index (κ2) is 10.6. The summed E-state index contributed by atoms with van der Waals surface area (Å²) in [6, 6.07) is 12.2. The number of methoxy groups -OCH3 is 1. The summed E-state index contributed by atoms with van der Waals surface area (Å²) in [5.41, 5.74) is 2.05. The van der Waals surface area contributed by atoms with Crippen LogP contribution in [-0.4, -0.2) is 49.5 Å². The summed E-state index contributed by atoms with van der Waals surface area (Å²) in [6.07, 6.45) is 9.09. The molecule has 0 amide bonds. The number of carboxylic acids is 1. The first-order valence-corrected chi connectivity index (χ1v) is 11.4. The smallest absolute Gasteiger partial charge is 0.310 e. The number of rotatable bonds is 11. The van der Waals surface area contributed by atoms with E-state index < -0.39 is 11.4 Å². The average molecular weight is 415 g/mol. The van der Waals surface area contributed by atoms with Crippen molar-refractivity contribution in [2.24, 2.45) is 11.3 Å². The van der Waals surface area contributed by atoms with Crippen molar-refractivity contribution in [1.82, 2.24) is 10.6 Å². The van der Waals surface area contributed by atoms with Crippen molar-refractivity contribution < 1.29 is 14.6 Å². The molecule has 0 heterocycles. The van der Waals surface area contributed by atoms with Gasteiger partial charge in [0, 0.05) is 38.4 Å². The molecule has 5 heteroatoms. The normalized spacial score (nSPS) is 27.1. The molecule has 166 valence electrons. The molecule has 0 spiro atoms. The Labute approximate surface area is 181 Å². The van der Waals surface area contributed by atoms with Crippen molar-refractivity contribution >= 4 is 12.0 Å². The van der Waals surface area contributed by atoms with E-state index >= 15 is 0 Å². The van der Waals surface area contributed by atoms with Crippen LogP contribution in [0.25, 0.3) is 6.08 Å². The molecular weight excluding hydrogens is 376 g/mol. The minimum absolute atomic E-state index is 0.437. The fourth-order valence-electron chi connectivity index (χ4n) is 4.38. The van der Waals surface area contributed by atoms with Crippen LogP contribution in [0.5, 0.6) is 0 Å². The van der Waals surface area contributed by atoms with Gasteiger partial charge in [-0.2, -0.15) is 0 Å². The molecule has 1 aromatic rings. The zero-order valence-electron chi connectivity index (χ0n) is 18.7. The highest BCUT2D eigenvalue weighted by Gasteiger charge is 2.41. The molecule has 2 aliphatic rings. The second-order valence-corrected chi connectivity index (χ2v) is 9.61. The summed E-state index contributed by atoms with van der Waals surface area (Å²) < 4.78 is 5.34. The van der Waals surface area contributed by atoms with Gasteiger partial charge in [0.05, 0.1) is 5.41 Å². The molecule has 0 bridgehead atoms. The molecule has 1 aromatic carbocycles. The highest BCUT2D eigenvalue weighted by Crippen LogP contribution is 2.41. The average Bonchev–Trinajstić information content (AvgIpc) is 3.50. The Morgan fingerprint density at radius 1 is 1.17 bits per heavy atom. The maximum absolute atomic E-state index is 11.3. The van der Waals surface area contributed by atoms with E-state index in [4.69, 9.17) is 4.74 Å².